The monoisotopic (exact) mass is 455 g/mol. The van der Waals surface area contributed by atoms with Gasteiger partial charge in [0.05, 0.1) is 5.69 Å². The number of halogens is 3. The van der Waals surface area contributed by atoms with Crippen LogP contribution in [0.15, 0.2) is 47.5 Å². The minimum atomic E-state index is -0.609. The molecule has 5 nitrogen and oxygen atoms in total. The zero-order valence-corrected chi connectivity index (χ0v) is 17.9. The molecule has 0 aliphatic carbocycles. The quantitative estimate of drug-likeness (QED) is 0.649. The molecule has 1 saturated heterocycles. The summed E-state index contributed by atoms with van der Waals surface area (Å²) in [5.74, 6) is -0.451. The molecule has 3 rings (SSSR count). The number of hydrogen-bond donors (Lipinski definition) is 1. The molecular weight excluding hydrogens is 441 g/mol. The highest BCUT2D eigenvalue weighted by molar-refractivity contribution is 8.15. The van der Waals surface area contributed by atoms with E-state index in [4.69, 9.17) is 34.8 Å². The topological polar surface area (TPSA) is 61.8 Å². The van der Waals surface area contributed by atoms with Gasteiger partial charge in [0.25, 0.3) is 0 Å². The van der Waals surface area contributed by atoms with Gasteiger partial charge in [-0.15, -0.1) is 0 Å². The van der Waals surface area contributed by atoms with Crippen molar-refractivity contribution in [1.29, 1.82) is 0 Å². The number of nitrogens with one attached hydrogen (secondary N) is 1. The lowest BCUT2D eigenvalue weighted by Gasteiger charge is -2.31. The molecule has 1 N–H and O–H groups in total. The van der Waals surface area contributed by atoms with E-state index < -0.39 is 5.25 Å². The molecule has 1 unspecified atom stereocenters. The molecule has 28 heavy (non-hydrogen) atoms. The van der Waals surface area contributed by atoms with E-state index in [0.717, 1.165) is 0 Å². The van der Waals surface area contributed by atoms with Gasteiger partial charge in [-0.3, -0.25) is 14.5 Å². The summed E-state index contributed by atoms with van der Waals surface area (Å²) in [7, 11) is 0. The van der Waals surface area contributed by atoms with Gasteiger partial charge in [0.2, 0.25) is 11.8 Å². The molecule has 0 spiro atoms. The molecule has 1 aliphatic heterocycles. The summed E-state index contributed by atoms with van der Waals surface area (Å²) in [5, 5.41) is 4.02. The summed E-state index contributed by atoms with van der Waals surface area (Å²) in [6.07, 6.45) is 0.0836. The first-order valence-electron chi connectivity index (χ1n) is 8.44. The van der Waals surface area contributed by atoms with Gasteiger partial charge in [-0.2, -0.15) is 0 Å². The molecule has 2 aromatic rings. The maximum Gasteiger partial charge on any atom is 0.238 e. The number of hydrogen-bond acceptors (Lipinski definition) is 4. The van der Waals surface area contributed by atoms with E-state index >= 15 is 0 Å². The van der Waals surface area contributed by atoms with Crippen LogP contribution in [0.3, 0.4) is 0 Å². The molecular formula is C19H16Cl3N3O2S. The minimum Gasteiger partial charge on any atom is -0.325 e. The van der Waals surface area contributed by atoms with Crippen LogP contribution in [-0.2, 0) is 9.59 Å². The first-order valence-corrected chi connectivity index (χ1v) is 10.5. The van der Waals surface area contributed by atoms with Crippen molar-refractivity contribution in [1.82, 2.24) is 4.90 Å². The number of anilines is 1. The van der Waals surface area contributed by atoms with Crippen LogP contribution in [0.5, 0.6) is 0 Å². The van der Waals surface area contributed by atoms with Crippen molar-refractivity contribution in [2.75, 3.05) is 11.9 Å². The second kappa shape index (κ2) is 9.18. The van der Waals surface area contributed by atoms with E-state index in [9.17, 15) is 9.59 Å². The Kier molecular flexibility index (Phi) is 6.88. The SMILES string of the molecule is CCN1C(=O)CC(C(=O)Nc2cccc(Cl)c2)SC1=Nc1cc(Cl)cc(Cl)c1. The number of carbonyl (C=O) groups is 2. The maximum atomic E-state index is 12.7. The summed E-state index contributed by atoms with van der Waals surface area (Å²) < 4.78 is 0. The average molecular weight is 457 g/mol. The molecule has 0 bridgehead atoms. The lowest BCUT2D eigenvalue weighted by Crippen LogP contribution is -2.45. The van der Waals surface area contributed by atoms with Crippen LogP contribution in [0.2, 0.25) is 15.1 Å². The van der Waals surface area contributed by atoms with Crippen molar-refractivity contribution < 1.29 is 9.59 Å². The van der Waals surface area contributed by atoms with Gasteiger partial charge in [0.15, 0.2) is 5.17 Å². The van der Waals surface area contributed by atoms with Crippen molar-refractivity contribution in [2.45, 2.75) is 18.6 Å². The van der Waals surface area contributed by atoms with E-state index in [1.54, 1.807) is 47.4 Å². The smallest absolute Gasteiger partial charge is 0.238 e. The largest absolute Gasteiger partial charge is 0.325 e. The summed E-state index contributed by atoms with van der Waals surface area (Å²) in [5.41, 5.74) is 1.09. The fourth-order valence-corrected chi connectivity index (χ4v) is 4.52. The van der Waals surface area contributed by atoms with E-state index in [-0.39, 0.29) is 18.2 Å². The van der Waals surface area contributed by atoms with Crippen molar-refractivity contribution in [2.24, 2.45) is 4.99 Å². The van der Waals surface area contributed by atoms with Crippen LogP contribution >= 0.6 is 46.6 Å². The van der Waals surface area contributed by atoms with Crippen LogP contribution in [-0.4, -0.2) is 33.7 Å². The van der Waals surface area contributed by atoms with Gasteiger partial charge in [-0.05, 0) is 43.3 Å². The lowest BCUT2D eigenvalue weighted by molar-refractivity contribution is -0.129. The summed E-state index contributed by atoms with van der Waals surface area (Å²) in [6, 6.07) is 11.7. The molecule has 9 heteroatoms. The van der Waals surface area contributed by atoms with E-state index in [0.29, 0.717) is 38.2 Å². The highest BCUT2D eigenvalue weighted by Gasteiger charge is 2.35. The third-order valence-electron chi connectivity index (χ3n) is 3.91. The van der Waals surface area contributed by atoms with Crippen molar-refractivity contribution >= 4 is 74.9 Å². The fraction of sp³-hybridized carbons (Fsp3) is 0.211. The third-order valence-corrected chi connectivity index (χ3v) is 5.77. The number of carbonyl (C=O) groups excluding carboxylic acids is 2. The zero-order valence-electron chi connectivity index (χ0n) is 14.8. The van der Waals surface area contributed by atoms with E-state index in [1.165, 1.54) is 11.8 Å². The Morgan fingerprint density at radius 1 is 1.18 bits per heavy atom. The first kappa shape index (κ1) is 21.0. The zero-order chi connectivity index (χ0) is 20.3. The molecule has 1 atom stereocenters. The fourth-order valence-electron chi connectivity index (χ4n) is 2.66. The Balaban J connectivity index is 1.84. The number of thioether (sulfide) groups is 1. The number of rotatable bonds is 4. The molecule has 146 valence electrons. The van der Waals surface area contributed by atoms with Gasteiger partial charge in [-0.1, -0.05) is 52.6 Å². The van der Waals surface area contributed by atoms with E-state index in [1.807, 2.05) is 6.92 Å². The predicted molar refractivity (Wildman–Crippen MR) is 117 cm³/mol. The van der Waals surface area contributed by atoms with Gasteiger partial charge >= 0.3 is 0 Å². The van der Waals surface area contributed by atoms with Gasteiger partial charge in [0.1, 0.15) is 5.25 Å². The van der Waals surface area contributed by atoms with Gasteiger partial charge < -0.3 is 5.32 Å². The number of nitrogens with zero attached hydrogens (tertiary/aromatic N) is 2. The van der Waals surface area contributed by atoms with Crippen LogP contribution in [0.25, 0.3) is 0 Å². The molecule has 2 aromatic carbocycles. The number of aliphatic imine (C=N–C) groups is 1. The molecule has 0 saturated carbocycles. The predicted octanol–water partition coefficient (Wildman–Crippen LogP) is 5.63. The lowest BCUT2D eigenvalue weighted by atomic mass is 10.2. The van der Waals surface area contributed by atoms with E-state index in [2.05, 4.69) is 10.3 Å². The first-order chi connectivity index (χ1) is 13.4. The Labute approximate surface area is 182 Å². The number of amidine groups is 1. The highest BCUT2D eigenvalue weighted by Crippen LogP contribution is 2.31. The molecule has 2 amide bonds. The van der Waals surface area contributed by atoms with Crippen molar-refractivity contribution in [3.05, 3.63) is 57.5 Å². The summed E-state index contributed by atoms with van der Waals surface area (Å²) in [4.78, 5) is 31.3. The van der Waals surface area contributed by atoms with Crippen LogP contribution in [0.4, 0.5) is 11.4 Å². The second-order valence-electron chi connectivity index (χ2n) is 5.97. The molecule has 1 aliphatic rings. The van der Waals surface area contributed by atoms with Crippen LogP contribution < -0.4 is 5.32 Å². The van der Waals surface area contributed by atoms with Crippen molar-refractivity contribution in [3.63, 3.8) is 0 Å². The Bertz CT molecular complexity index is 932. The van der Waals surface area contributed by atoms with Gasteiger partial charge in [-0.25, -0.2) is 4.99 Å². The number of benzene rings is 2. The standard InChI is InChI=1S/C19H16Cl3N3O2S/c1-2-25-17(26)10-16(18(27)23-14-5-3-4-11(20)7-14)28-19(25)24-15-8-12(21)6-13(22)9-15/h3-9,16H,2,10H2,1H3,(H,23,27). The Morgan fingerprint density at radius 2 is 1.89 bits per heavy atom. The number of amides is 2. The van der Waals surface area contributed by atoms with Crippen LogP contribution in [0, 0.1) is 0 Å². The second-order valence-corrected chi connectivity index (χ2v) is 8.45. The minimum absolute atomic E-state index is 0.0836. The normalized spacial score (nSPS) is 18.4. The summed E-state index contributed by atoms with van der Waals surface area (Å²) in [6.45, 7) is 2.30. The third kappa shape index (κ3) is 5.20. The van der Waals surface area contributed by atoms with Crippen LogP contribution in [0.1, 0.15) is 13.3 Å². The Hall–Kier alpha value is -1.73. The highest BCUT2D eigenvalue weighted by atomic mass is 35.5. The van der Waals surface area contributed by atoms with Crippen molar-refractivity contribution in [3.8, 4) is 0 Å². The maximum absolute atomic E-state index is 12.7. The molecule has 1 fully saturated rings. The molecule has 1 heterocycles. The average Bonchev–Trinajstić information content (AvgIpc) is 2.60. The Morgan fingerprint density at radius 3 is 2.54 bits per heavy atom. The molecule has 0 radical (unpaired) electrons. The summed E-state index contributed by atoms with van der Waals surface area (Å²) >= 11 is 19.3. The molecule has 0 aromatic heterocycles. The van der Waals surface area contributed by atoms with Gasteiger partial charge in [0, 0.05) is 33.7 Å².